The van der Waals surface area contributed by atoms with Gasteiger partial charge in [-0.05, 0) is 30.6 Å². The van der Waals surface area contributed by atoms with Crippen molar-refractivity contribution in [3.8, 4) is 0 Å². The van der Waals surface area contributed by atoms with Gasteiger partial charge in [0.05, 0.1) is 0 Å². The SMILES string of the molecule is CC1CC2CC1[C]1C=CC=C12. The second kappa shape index (κ2) is 1.80. The molecule has 0 spiro atoms. The van der Waals surface area contributed by atoms with Crippen LogP contribution >= 0.6 is 0 Å². The average Bonchev–Trinajstić information content (AvgIpc) is 2.52. The summed E-state index contributed by atoms with van der Waals surface area (Å²) < 4.78 is 0. The summed E-state index contributed by atoms with van der Waals surface area (Å²) in [6.45, 7) is 2.40. The lowest BCUT2D eigenvalue weighted by atomic mass is 9.80. The number of fused-ring (bicyclic) bond motifs is 5. The van der Waals surface area contributed by atoms with Gasteiger partial charge in [0.15, 0.2) is 0 Å². The first-order valence-electron chi connectivity index (χ1n) is 4.62. The van der Waals surface area contributed by atoms with Gasteiger partial charge in [-0.15, -0.1) is 0 Å². The highest BCUT2D eigenvalue weighted by Gasteiger charge is 2.47. The van der Waals surface area contributed by atoms with Crippen LogP contribution in [-0.2, 0) is 0 Å². The molecule has 0 aromatic carbocycles. The number of allylic oxidation sites excluding steroid dienone is 4. The largest absolute Gasteiger partial charge is 0.0728 e. The van der Waals surface area contributed by atoms with Gasteiger partial charge in [-0.1, -0.05) is 30.7 Å². The summed E-state index contributed by atoms with van der Waals surface area (Å²) in [5.74, 6) is 4.48. The van der Waals surface area contributed by atoms with Crippen molar-refractivity contribution in [2.45, 2.75) is 19.8 Å². The first-order valence-corrected chi connectivity index (χ1v) is 4.62. The molecule has 3 aliphatic rings. The highest BCUT2D eigenvalue weighted by Crippen LogP contribution is 2.57. The van der Waals surface area contributed by atoms with Crippen molar-refractivity contribution < 1.29 is 0 Å². The molecule has 2 fully saturated rings. The minimum atomic E-state index is 0.921. The normalized spacial score (nSPS) is 46.6. The third-order valence-electron chi connectivity index (χ3n) is 3.61. The Kier molecular flexibility index (Phi) is 0.988. The third kappa shape index (κ3) is 0.610. The minimum absolute atomic E-state index is 0.921. The molecule has 3 rings (SSSR count). The second-order valence-electron chi connectivity index (χ2n) is 4.19. The maximum Gasteiger partial charge on any atom is 0.0262 e. The van der Waals surface area contributed by atoms with E-state index in [4.69, 9.17) is 0 Å². The fraction of sp³-hybridized carbons (Fsp3) is 0.545. The van der Waals surface area contributed by atoms with Crippen LogP contribution in [0.4, 0.5) is 0 Å². The van der Waals surface area contributed by atoms with Crippen molar-refractivity contribution in [3.63, 3.8) is 0 Å². The minimum Gasteiger partial charge on any atom is -0.0728 e. The topological polar surface area (TPSA) is 0 Å². The summed E-state index contributed by atoms with van der Waals surface area (Å²) in [7, 11) is 0. The van der Waals surface area contributed by atoms with E-state index in [-0.39, 0.29) is 0 Å². The van der Waals surface area contributed by atoms with Crippen LogP contribution in [0.15, 0.2) is 23.8 Å². The lowest BCUT2D eigenvalue weighted by molar-refractivity contribution is 0.442. The van der Waals surface area contributed by atoms with E-state index in [1.165, 1.54) is 12.8 Å². The molecular formula is C11H13. The Balaban J connectivity index is 2.03. The van der Waals surface area contributed by atoms with E-state index in [0.29, 0.717) is 0 Å². The van der Waals surface area contributed by atoms with Gasteiger partial charge in [0, 0.05) is 5.92 Å². The molecule has 0 aromatic rings. The van der Waals surface area contributed by atoms with Crippen molar-refractivity contribution in [1.82, 2.24) is 0 Å². The highest BCUT2D eigenvalue weighted by atomic mass is 14.5. The molecule has 0 aliphatic heterocycles. The lowest BCUT2D eigenvalue weighted by Gasteiger charge is -2.24. The van der Waals surface area contributed by atoms with Gasteiger partial charge < -0.3 is 0 Å². The van der Waals surface area contributed by atoms with Gasteiger partial charge in [-0.2, -0.15) is 0 Å². The van der Waals surface area contributed by atoms with E-state index in [1.54, 1.807) is 11.5 Å². The van der Waals surface area contributed by atoms with E-state index < -0.39 is 0 Å². The molecule has 11 heavy (non-hydrogen) atoms. The molecule has 0 aromatic heterocycles. The van der Waals surface area contributed by atoms with E-state index in [9.17, 15) is 0 Å². The first kappa shape index (κ1) is 6.05. The molecule has 0 heterocycles. The van der Waals surface area contributed by atoms with Gasteiger partial charge in [-0.3, -0.25) is 0 Å². The zero-order valence-corrected chi connectivity index (χ0v) is 6.88. The molecule has 0 saturated heterocycles. The zero-order valence-electron chi connectivity index (χ0n) is 6.88. The third-order valence-corrected chi connectivity index (χ3v) is 3.61. The van der Waals surface area contributed by atoms with Gasteiger partial charge in [0.2, 0.25) is 0 Å². The van der Waals surface area contributed by atoms with Crippen molar-refractivity contribution in [1.29, 1.82) is 0 Å². The fourth-order valence-corrected chi connectivity index (χ4v) is 3.09. The van der Waals surface area contributed by atoms with Gasteiger partial charge >= 0.3 is 0 Å². The molecule has 0 heteroatoms. The summed E-state index contributed by atoms with van der Waals surface area (Å²) >= 11 is 0. The number of hydrogen-bond acceptors (Lipinski definition) is 0. The summed E-state index contributed by atoms with van der Waals surface area (Å²) in [5.41, 5.74) is 1.67. The summed E-state index contributed by atoms with van der Waals surface area (Å²) in [6.07, 6.45) is 9.78. The van der Waals surface area contributed by atoms with E-state index in [1.807, 2.05) is 0 Å². The summed E-state index contributed by atoms with van der Waals surface area (Å²) in [5, 5.41) is 0. The molecule has 2 bridgehead atoms. The smallest absolute Gasteiger partial charge is 0.0262 e. The van der Waals surface area contributed by atoms with E-state index >= 15 is 0 Å². The Morgan fingerprint density at radius 3 is 3.18 bits per heavy atom. The Bertz CT molecular complexity index is 247. The van der Waals surface area contributed by atoms with Crippen molar-refractivity contribution in [2.75, 3.05) is 0 Å². The van der Waals surface area contributed by atoms with Crippen LogP contribution in [0.2, 0.25) is 0 Å². The molecular weight excluding hydrogens is 132 g/mol. The highest BCUT2D eigenvalue weighted by molar-refractivity contribution is 5.50. The van der Waals surface area contributed by atoms with Crippen molar-refractivity contribution >= 4 is 0 Å². The fourth-order valence-electron chi connectivity index (χ4n) is 3.09. The van der Waals surface area contributed by atoms with Crippen LogP contribution < -0.4 is 0 Å². The standard InChI is InChI=1S/C11H13/c1-7-5-8-6-11(7)10-4-2-3-9(8)10/h2-4,7-8,11H,5-6H2,1H3. The molecule has 0 nitrogen and oxygen atoms in total. The maximum absolute atomic E-state index is 2.40. The monoisotopic (exact) mass is 145 g/mol. The Morgan fingerprint density at radius 2 is 2.27 bits per heavy atom. The van der Waals surface area contributed by atoms with Gasteiger partial charge in [0.25, 0.3) is 0 Å². The molecule has 3 atom stereocenters. The lowest BCUT2D eigenvalue weighted by Crippen LogP contribution is -2.14. The maximum atomic E-state index is 2.40. The van der Waals surface area contributed by atoms with Crippen LogP contribution in [0.25, 0.3) is 0 Å². The summed E-state index contributed by atoms with van der Waals surface area (Å²) in [6, 6.07) is 0. The van der Waals surface area contributed by atoms with Gasteiger partial charge in [0.1, 0.15) is 0 Å². The van der Waals surface area contributed by atoms with Crippen molar-refractivity contribution in [2.24, 2.45) is 17.8 Å². The van der Waals surface area contributed by atoms with Gasteiger partial charge in [-0.25, -0.2) is 0 Å². The number of rotatable bonds is 0. The molecule has 3 aliphatic carbocycles. The Labute approximate surface area is 68.0 Å². The van der Waals surface area contributed by atoms with Crippen LogP contribution in [0.3, 0.4) is 0 Å². The number of hydrogen-bond donors (Lipinski definition) is 0. The van der Waals surface area contributed by atoms with Crippen molar-refractivity contribution in [3.05, 3.63) is 29.7 Å². The summed E-state index contributed by atoms with van der Waals surface area (Å²) in [4.78, 5) is 0. The van der Waals surface area contributed by atoms with E-state index in [2.05, 4.69) is 25.2 Å². The van der Waals surface area contributed by atoms with Crippen LogP contribution in [-0.4, -0.2) is 0 Å². The first-order chi connectivity index (χ1) is 5.36. The Hall–Kier alpha value is -0.520. The quantitative estimate of drug-likeness (QED) is 0.491. The zero-order chi connectivity index (χ0) is 7.42. The predicted octanol–water partition coefficient (Wildman–Crippen LogP) is 2.73. The van der Waals surface area contributed by atoms with E-state index in [0.717, 1.165) is 17.8 Å². The molecule has 0 N–H and O–H groups in total. The molecule has 1 radical (unpaired) electrons. The molecule has 2 saturated carbocycles. The molecule has 3 unspecified atom stereocenters. The molecule has 0 amide bonds. The van der Waals surface area contributed by atoms with Crippen LogP contribution in [0.1, 0.15) is 19.8 Å². The second-order valence-corrected chi connectivity index (χ2v) is 4.19. The van der Waals surface area contributed by atoms with Crippen LogP contribution in [0, 0.1) is 23.7 Å². The van der Waals surface area contributed by atoms with Crippen LogP contribution in [0.5, 0.6) is 0 Å². The molecule has 57 valence electrons. The Morgan fingerprint density at radius 1 is 1.36 bits per heavy atom. The average molecular weight is 145 g/mol. The predicted molar refractivity (Wildman–Crippen MR) is 45.8 cm³/mol.